The molecule has 0 radical (unpaired) electrons. The monoisotopic (exact) mass is 1240 g/mol. The lowest BCUT2D eigenvalue weighted by atomic mass is 10.0. The second-order valence-corrected chi connectivity index (χ2v) is 29.1. The number of rotatable bonds is 73. The third-order valence-corrected chi connectivity index (χ3v) is 18.7. The first kappa shape index (κ1) is 84.8. The highest BCUT2D eigenvalue weighted by Gasteiger charge is 2.22. The molecule has 9 nitrogen and oxygen atoms in total. The van der Waals surface area contributed by atoms with Crippen molar-refractivity contribution in [1.29, 1.82) is 0 Å². The molecule has 0 saturated heterocycles. The molecule has 0 aliphatic rings. The Morgan fingerprint density at radius 2 is 0.593 bits per heavy atom. The van der Waals surface area contributed by atoms with Gasteiger partial charge in [0.15, 0.2) is 6.10 Å². The Hall–Kier alpha value is -1.25. The Bertz CT molecular complexity index is 1450. The van der Waals surface area contributed by atoms with E-state index in [1.165, 1.54) is 347 Å². The number of ether oxygens (including phenoxy) is 2. The highest BCUT2D eigenvalue weighted by Crippen LogP contribution is 2.38. The molecule has 10 heteroatoms. The van der Waals surface area contributed by atoms with Gasteiger partial charge in [-0.2, -0.15) is 0 Å². The second-order valence-electron chi connectivity index (χ2n) is 27.7. The number of likely N-dealkylation sites (N-methyl/N-ethyl adjacent to an activating group) is 1. The molecule has 512 valence electrons. The molecule has 0 aromatic rings. The molecular weight excluding hydrogens is 1090 g/mol. The number of phosphoric ester groups is 1. The van der Waals surface area contributed by atoms with Crippen LogP contribution in [0.2, 0.25) is 0 Å². The maximum Gasteiger partial charge on any atom is 0.306 e. The first-order valence-electron chi connectivity index (χ1n) is 38.4. The van der Waals surface area contributed by atoms with Crippen LogP contribution in [-0.2, 0) is 32.7 Å². The van der Waals surface area contributed by atoms with E-state index in [-0.39, 0.29) is 32.0 Å². The zero-order valence-corrected chi connectivity index (χ0v) is 59.5. The number of quaternary nitrogens is 1. The molecule has 0 aliphatic heterocycles. The zero-order chi connectivity index (χ0) is 62.6. The Kier molecular flexibility index (Phi) is 67.1. The van der Waals surface area contributed by atoms with Crippen molar-refractivity contribution in [3.63, 3.8) is 0 Å². The van der Waals surface area contributed by atoms with E-state index in [2.05, 4.69) is 26.0 Å². The lowest BCUT2D eigenvalue weighted by Crippen LogP contribution is -2.37. The fraction of sp³-hybridized carbons (Fsp3) is 0.947. The van der Waals surface area contributed by atoms with E-state index in [1.807, 2.05) is 21.1 Å². The number of carbonyl (C=O) groups excluding carboxylic acids is 2. The quantitative estimate of drug-likeness (QED) is 0.0195. The Morgan fingerprint density at radius 1 is 0.349 bits per heavy atom. The summed E-state index contributed by atoms with van der Waals surface area (Å²) in [6, 6.07) is 0. The summed E-state index contributed by atoms with van der Waals surface area (Å²) < 4.78 is 34.4. The molecule has 0 fully saturated rings. The number of hydrogen-bond acceptors (Lipinski definition) is 8. The van der Waals surface area contributed by atoms with Crippen molar-refractivity contribution in [2.24, 2.45) is 0 Å². The van der Waals surface area contributed by atoms with Gasteiger partial charge in [0.2, 0.25) is 0 Å². The molecule has 0 rings (SSSR count). The van der Waals surface area contributed by atoms with E-state index in [9.17, 15) is 19.0 Å². The third kappa shape index (κ3) is 71.8. The van der Waals surface area contributed by atoms with Crippen LogP contribution in [0.4, 0.5) is 0 Å². The van der Waals surface area contributed by atoms with Crippen molar-refractivity contribution >= 4 is 19.8 Å². The maximum atomic E-state index is 12.9. The molecular formula is C76H150NO8P. The van der Waals surface area contributed by atoms with Crippen LogP contribution < -0.4 is 4.89 Å². The average Bonchev–Trinajstić information content (AvgIpc) is 3.56. The van der Waals surface area contributed by atoms with Gasteiger partial charge in [-0.3, -0.25) is 14.2 Å². The highest BCUT2D eigenvalue weighted by atomic mass is 31.2. The summed E-state index contributed by atoms with van der Waals surface area (Å²) in [6.45, 7) is 4.34. The van der Waals surface area contributed by atoms with Crippen LogP contribution in [0.25, 0.3) is 0 Å². The van der Waals surface area contributed by atoms with Crippen molar-refractivity contribution in [2.45, 2.75) is 418 Å². The normalized spacial score (nSPS) is 13.0. The van der Waals surface area contributed by atoms with Crippen molar-refractivity contribution in [3.8, 4) is 0 Å². The summed E-state index contributed by atoms with van der Waals surface area (Å²) >= 11 is 0. The van der Waals surface area contributed by atoms with Gasteiger partial charge in [0.1, 0.15) is 19.8 Å². The lowest BCUT2D eigenvalue weighted by molar-refractivity contribution is -0.870. The molecule has 0 N–H and O–H groups in total. The molecule has 0 saturated carbocycles. The third-order valence-electron chi connectivity index (χ3n) is 17.8. The van der Waals surface area contributed by atoms with Crippen molar-refractivity contribution in [2.75, 3.05) is 47.5 Å². The van der Waals surface area contributed by atoms with Gasteiger partial charge in [0.05, 0.1) is 27.7 Å². The molecule has 86 heavy (non-hydrogen) atoms. The Labute approximate surface area is 537 Å². The number of nitrogens with zero attached hydrogens (tertiary/aromatic N) is 1. The molecule has 0 aromatic carbocycles. The summed E-state index contributed by atoms with van der Waals surface area (Å²) in [5.41, 5.74) is 0. The Morgan fingerprint density at radius 3 is 0.860 bits per heavy atom. The van der Waals surface area contributed by atoms with Crippen LogP contribution in [0.3, 0.4) is 0 Å². The number of hydrogen-bond donors (Lipinski definition) is 0. The van der Waals surface area contributed by atoms with E-state index in [4.69, 9.17) is 18.5 Å². The number of phosphoric acid groups is 1. The topological polar surface area (TPSA) is 111 Å². The van der Waals surface area contributed by atoms with Crippen molar-refractivity contribution in [1.82, 2.24) is 0 Å². The lowest BCUT2D eigenvalue weighted by Gasteiger charge is -2.28. The molecule has 0 aliphatic carbocycles. The van der Waals surface area contributed by atoms with E-state index in [1.54, 1.807) is 0 Å². The summed E-state index contributed by atoms with van der Waals surface area (Å²) in [5, 5.41) is 0. The van der Waals surface area contributed by atoms with Gasteiger partial charge in [-0.15, -0.1) is 0 Å². The molecule has 2 atom stereocenters. The summed E-state index contributed by atoms with van der Waals surface area (Å²) in [4.78, 5) is 38.1. The smallest absolute Gasteiger partial charge is 0.306 e. The van der Waals surface area contributed by atoms with Crippen LogP contribution >= 0.6 is 7.82 Å². The molecule has 2 unspecified atom stereocenters. The predicted octanol–water partition coefficient (Wildman–Crippen LogP) is 24.4. The van der Waals surface area contributed by atoms with Crippen LogP contribution in [0.15, 0.2) is 12.2 Å². The average molecular weight is 1240 g/mol. The van der Waals surface area contributed by atoms with Crippen molar-refractivity contribution in [3.05, 3.63) is 12.2 Å². The van der Waals surface area contributed by atoms with Crippen molar-refractivity contribution < 1.29 is 42.1 Å². The van der Waals surface area contributed by atoms with E-state index < -0.39 is 26.5 Å². The van der Waals surface area contributed by atoms with Crippen LogP contribution in [-0.4, -0.2) is 70.0 Å². The van der Waals surface area contributed by atoms with Gasteiger partial charge in [0, 0.05) is 12.8 Å². The molecule has 0 spiro atoms. The van der Waals surface area contributed by atoms with E-state index in [0.29, 0.717) is 17.4 Å². The van der Waals surface area contributed by atoms with E-state index in [0.717, 1.165) is 32.1 Å². The van der Waals surface area contributed by atoms with Crippen LogP contribution in [0.1, 0.15) is 412 Å². The number of esters is 2. The Balaban J connectivity index is 3.91. The van der Waals surface area contributed by atoms with Crippen LogP contribution in [0, 0.1) is 0 Å². The number of unbranched alkanes of at least 4 members (excludes halogenated alkanes) is 57. The maximum absolute atomic E-state index is 12.9. The second kappa shape index (κ2) is 68.1. The first-order valence-corrected chi connectivity index (χ1v) is 39.9. The minimum atomic E-state index is -4.64. The molecule has 0 amide bonds. The zero-order valence-electron chi connectivity index (χ0n) is 58.6. The van der Waals surface area contributed by atoms with Gasteiger partial charge in [-0.1, -0.05) is 373 Å². The van der Waals surface area contributed by atoms with Gasteiger partial charge in [-0.05, 0) is 38.5 Å². The summed E-state index contributed by atoms with van der Waals surface area (Å²) in [5.74, 6) is -0.803. The summed E-state index contributed by atoms with van der Waals surface area (Å²) in [6.07, 6.45) is 84.7. The fourth-order valence-electron chi connectivity index (χ4n) is 11.9. The minimum Gasteiger partial charge on any atom is -0.756 e. The van der Waals surface area contributed by atoms with Gasteiger partial charge >= 0.3 is 11.9 Å². The fourth-order valence-corrected chi connectivity index (χ4v) is 12.6. The largest absolute Gasteiger partial charge is 0.756 e. The molecule has 0 aromatic heterocycles. The number of carbonyl (C=O) groups is 2. The van der Waals surface area contributed by atoms with Crippen LogP contribution in [0.5, 0.6) is 0 Å². The molecule has 0 heterocycles. The van der Waals surface area contributed by atoms with Gasteiger partial charge in [0.25, 0.3) is 7.82 Å². The first-order chi connectivity index (χ1) is 42.0. The highest BCUT2D eigenvalue weighted by molar-refractivity contribution is 7.45. The minimum absolute atomic E-state index is 0.0255. The number of allylic oxidation sites excluding steroid dienone is 2. The van der Waals surface area contributed by atoms with Gasteiger partial charge < -0.3 is 27.9 Å². The SMILES string of the molecule is CCCCCCCCCC/C=C\CCCCCCCCCCCCCCCCCCCCCCCCCC(=O)OC(COC(=O)CCCCCCCCCCCCCCCCCCCCCCCCCCCCC)COP(=O)([O-])OCC[N+](C)(C)C. The standard InChI is InChI=1S/C76H150NO8P/c1-6-8-10-12-14-16-18-20-22-24-26-28-30-32-34-35-36-37-38-39-40-41-43-45-47-49-51-53-55-57-59-61-63-65-67-69-76(79)85-74(73-84-86(80,81)83-71-70-77(3,4)5)72-82-75(78)68-66-64-62-60-58-56-54-52-50-48-46-44-42-33-31-29-27-25-23-21-19-17-15-13-11-9-7-2/h24,26,74H,6-23,25,27-73H2,1-5H3/b26-24-. The molecule has 0 bridgehead atoms. The predicted molar refractivity (Wildman–Crippen MR) is 370 cm³/mol. The summed E-state index contributed by atoms with van der Waals surface area (Å²) in [7, 11) is 1.20. The van der Waals surface area contributed by atoms with E-state index >= 15 is 0 Å². The van der Waals surface area contributed by atoms with Gasteiger partial charge in [-0.25, -0.2) is 0 Å².